The summed E-state index contributed by atoms with van der Waals surface area (Å²) in [7, 11) is -3.17. The molecule has 0 bridgehead atoms. The summed E-state index contributed by atoms with van der Waals surface area (Å²) in [4.78, 5) is 5.27. The molecule has 0 aromatic carbocycles. The standard InChI is InChI=1S/C11H14N2O3S2/c1-3-18(14,15)12-7-10-8(2)13-11(17-10)9-5-4-6-16-9/h4-6,12H,3,7H2,1-2H3. The second-order valence-electron chi connectivity index (χ2n) is 3.73. The zero-order valence-corrected chi connectivity index (χ0v) is 11.8. The number of nitrogens with zero attached hydrogens (tertiary/aromatic N) is 1. The number of nitrogens with one attached hydrogen (secondary N) is 1. The third-order valence-electron chi connectivity index (χ3n) is 2.46. The molecule has 18 heavy (non-hydrogen) atoms. The van der Waals surface area contributed by atoms with E-state index in [0.717, 1.165) is 15.6 Å². The van der Waals surface area contributed by atoms with Gasteiger partial charge >= 0.3 is 0 Å². The number of hydrogen-bond donors (Lipinski definition) is 1. The van der Waals surface area contributed by atoms with Crippen molar-refractivity contribution in [1.82, 2.24) is 9.71 Å². The van der Waals surface area contributed by atoms with Crippen LogP contribution in [0.25, 0.3) is 10.8 Å². The van der Waals surface area contributed by atoms with Crippen LogP contribution in [0.2, 0.25) is 0 Å². The Morgan fingerprint density at radius 2 is 2.28 bits per heavy atom. The fourth-order valence-corrected chi connectivity index (χ4v) is 3.01. The van der Waals surface area contributed by atoms with Gasteiger partial charge in [-0.05, 0) is 26.0 Å². The molecule has 0 unspecified atom stereocenters. The first-order valence-corrected chi connectivity index (χ1v) is 7.96. The smallest absolute Gasteiger partial charge is 0.211 e. The van der Waals surface area contributed by atoms with Gasteiger partial charge in [-0.25, -0.2) is 18.1 Å². The highest BCUT2D eigenvalue weighted by Crippen LogP contribution is 2.28. The molecule has 0 fully saturated rings. The molecule has 2 rings (SSSR count). The number of sulfonamides is 1. The fourth-order valence-electron chi connectivity index (χ4n) is 1.38. The van der Waals surface area contributed by atoms with Gasteiger partial charge in [0.05, 0.1) is 17.7 Å². The van der Waals surface area contributed by atoms with Crippen LogP contribution in [-0.4, -0.2) is 19.2 Å². The van der Waals surface area contributed by atoms with Crippen LogP contribution < -0.4 is 4.72 Å². The quantitative estimate of drug-likeness (QED) is 0.914. The van der Waals surface area contributed by atoms with E-state index in [4.69, 9.17) is 4.42 Å². The van der Waals surface area contributed by atoms with Gasteiger partial charge < -0.3 is 4.42 Å². The highest BCUT2D eigenvalue weighted by molar-refractivity contribution is 7.89. The number of rotatable bonds is 5. The summed E-state index contributed by atoms with van der Waals surface area (Å²) in [5.74, 6) is 0.781. The van der Waals surface area contributed by atoms with Crippen molar-refractivity contribution in [2.75, 3.05) is 5.75 Å². The molecule has 7 heteroatoms. The Hall–Kier alpha value is -1.18. The van der Waals surface area contributed by atoms with Crippen LogP contribution in [0.1, 0.15) is 17.5 Å². The third-order valence-corrected chi connectivity index (χ3v) is 4.97. The lowest BCUT2D eigenvalue weighted by atomic mass is 10.4. The van der Waals surface area contributed by atoms with E-state index >= 15 is 0 Å². The van der Waals surface area contributed by atoms with Crippen LogP contribution in [-0.2, 0) is 16.6 Å². The van der Waals surface area contributed by atoms with Crippen molar-refractivity contribution in [2.45, 2.75) is 20.4 Å². The Bertz CT molecular complexity index is 615. The van der Waals surface area contributed by atoms with Crippen molar-refractivity contribution < 1.29 is 12.8 Å². The predicted octanol–water partition coefficient (Wildman–Crippen LogP) is 2.15. The van der Waals surface area contributed by atoms with E-state index in [1.54, 1.807) is 19.3 Å². The topological polar surface area (TPSA) is 72.2 Å². The Morgan fingerprint density at radius 1 is 1.50 bits per heavy atom. The van der Waals surface area contributed by atoms with Crippen molar-refractivity contribution in [1.29, 1.82) is 0 Å². The molecule has 98 valence electrons. The largest absolute Gasteiger partial charge is 0.462 e. The Balaban J connectivity index is 2.16. The highest BCUT2D eigenvalue weighted by Gasteiger charge is 2.13. The van der Waals surface area contributed by atoms with Gasteiger partial charge in [-0.2, -0.15) is 0 Å². The maximum atomic E-state index is 11.4. The molecule has 1 N–H and O–H groups in total. The maximum Gasteiger partial charge on any atom is 0.211 e. The third kappa shape index (κ3) is 2.98. The lowest BCUT2D eigenvalue weighted by Gasteiger charge is -2.02. The summed E-state index contributed by atoms with van der Waals surface area (Å²) in [6.45, 7) is 3.75. The number of aromatic nitrogens is 1. The molecule has 0 aliphatic carbocycles. The summed E-state index contributed by atoms with van der Waals surface area (Å²) < 4.78 is 30.5. The lowest BCUT2D eigenvalue weighted by Crippen LogP contribution is -2.24. The maximum absolute atomic E-state index is 11.4. The monoisotopic (exact) mass is 286 g/mol. The van der Waals surface area contributed by atoms with Crippen LogP contribution in [0, 0.1) is 6.92 Å². The first-order valence-electron chi connectivity index (χ1n) is 5.49. The molecule has 0 radical (unpaired) electrons. The van der Waals surface area contributed by atoms with E-state index in [1.807, 2.05) is 13.0 Å². The minimum Gasteiger partial charge on any atom is -0.462 e. The van der Waals surface area contributed by atoms with Gasteiger partial charge in [0, 0.05) is 11.4 Å². The van der Waals surface area contributed by atoms with Crippen LogP contribution >= 0.6 is 11.3 Å². The molecule has 5 nitrogen and oxygen atoms in total. The average Bonchev–Trinajstić information content (AvgIpc) is 2.95. The van der Waals surface area contributed by atoms with Crippen LogP contribution in [0.5, 0.6) is 0 Å². The van der Waals surface area contributed by atoms with E-state index in [9.17, 15) is 8.42 Å². The Kier molecular flexibility index (Phi) is 3.84. The van der Waals surface area contributed by atoms with E-state index in [2.05, 4.69) is 9.71 Å². The number of hydrogen-bond acceptors (Lipinski definition) is 5. The molecule has 0 saturated carbocycles. The first-order chi connectivity index (χ1) is 8.52. The van der Waals surface area contributed by atoms with Gasteiger partial charge in [0.15, 0.2) is 10.8 Å². The minimum absolute atomic E-state index is 0.0793. The van der Waals surface area contributed by atoms with Gasteiger partial charge in [0.1, 0.15) is 0 Å². The van der Waals surface area contributed by atoms with Crippen LogP contribution in [0.3, 0.4) is 0 Å². The molecular formula is C11H14N2O3S2. The Labute approximate surface area is 110 Å². The molecule has 0 saturated heterocycles. The van der Waals surface area contributed by atoms with Crippen molar-refractivity contribution in [3.8, 4) is 10.8 Å². The van der Waals surface area contributed by atoms with Crippen LogP contribution in [0.4, 0.5) is 0 Å². The number of thiazole rings is 1. The summed E-state index contributed by atoms with van der Waals surface area (Å²) in [6, 6.07) is 3.63. The first kappa shape index (κ1) is 13.3. The highest BCUT2D eigenvalue weighted by atomic mass is 32.2. The van der Waals surface area contributed by atoms with Gasteiger partial charge in [0.2, 0.25) is 10.0 Å². The van der Waals surface area contributed by atoms with Crippen LogP contribution in [0.15, 0.2) is 22.8 Å². The van der Waals surface area contributed by atoms with Gasteiger partial charge in [0.25, 0.3) is 0 Å². The molecule has 0 aliphatic heterocycles. The molecule has 2 aromatic rings. The number of furan rings is 1. The normalized spacial score (nSPS) is 11.9. The van der Waals surface area contributed by atoms with Gasteiger partial charge in [-0.15, -0.1) is 11.3 Å². The summed E-state index contributed by atoms with van der Waals surface area (Å²) in [6.07, 6.45) is 1.59. The zero-order valence-electron chi connectivity index (χ0n) is 10.1. The lowest BCUT2D eigenvalue weighted by molar-refractivity contribution is 0.581. The van der Waals surface area contributed by atoms with E-state index in [0.29, 0.717) is 5.76 Å². The van der Waals surface area contributed by atoms with Crippen molar-refractivity contribution in [3.63, 3.8) is 0 Å². The van der Waals surface area contributed by atoms with Gasteiger partial charge in [-0.3, -0.25) is 0 Å². The molecule has 0 spiro atoms. The Morgan fingerprint density at radius 3 is 2.89 bits per heavy atom. The molecular weight excluding hydrogens is 272 g/mol. The second kappa shape index (κ2) is 5.21. The molecule has 0 aliphatic rings. The molecule has 2 heterocycles. The second-order valence-corrected chi connectivity index (χ2v) is 6.91. The minimum atomic E-state index is -3.17. The zero-order chi connectivity index (χ0) is 13.2. The predicted molar refractivity (Wildman–Crippen MR) is 70.9 cm³/mol. The molecule has 0 atom stereocenters. The fraction of sp³-hybridized carbons (Fsp3) is 0.364. The average molecular weight is 286 g/mol. The van der Waals surface area contributed by atoms with E-state index in [-0.39, 0.29) is 12.3 Å². The van der Waals surface area contributed by atoms with Gasteiger partial charge in [-0.1, -0.05) is 0 Å². The SMILES string of the molecule is CCS(=O)(=O)NCc1sc(-c2ccco2)nc1C. The summed E-state index contributed by atoms with van der Waals surface area (Å²) in [5, 5.41) is 0.767. The van der Waals surface area contributed by atoms with Crippen molar-refractivity contribution >= 4 is 21.4 Å². The van der Waals surface area contributed by atoms with E-state index in [1.165, 1.54) is 11.3 Å². The summed E-state index contributed by atoms with van der Waals surface area (Å²) >= 11 is 1.44. The summed E-state index contributed by atoms with van der Waals surface area (Å²) in [5.41, 5.74) is 0.824. The number of aryl methyl sites for hydroxylation is 1. The van der Waals surface area contributed by atoms with E-state index < -0.39 is 10.0 Å². The van der Waals surface area contributed by atoms with Crippen molar-refractivity contribution in [3.05, 3.63) is 29.0 Å². The molecule has 2 aromatic heterocycles. The van der Waals surface area contributed by atoms with Crippen molar-refractivity contribution in [2.24, 2.45) is 0 Å². The molecule has 0 amide bonds.